The summed E-state index contributed by atoms with van der Waals surface area (Å²) >= 11 is 0. The van der Waals surface area contributed by atoms with Crippen molar-refractivity contribution in [3.05, 3.63) is 27.9 Å². The van der Waals surface area contributed by atoms with Crippen LogP contribution in [0.5, 0.6) is 0 Å². The van der Waals surface area contributed by atoms with Crippen molar-refractivity contribution in [1.82, 2.24) is 9.88 Å². The molecule has 0 aromatic carbocycles. The van der Waals surface area contributed by atoms with Crippen LogP contribution in [0.15, 0.2) is 12.3 Å². The fourth-order valence-electron chi connectivity index (χ4n) is 2.57. The molecule has 1 aliphatic rings. The van der Waals surface area contributed by atoms with E-state index < -0.39 is 0 Å². The van der Waals surface area contributed by atoms with Crippen LogP contribution < -0.4 is 5.32 Å². The molecule has 0 radical (unpaired) electrons. The van der Waals surface area contributed by atoms with E-state index in [-0.39, 0.29) is 10.6 Å². The highest BCUT2D eigenvalue weighted by Crippen LogP contribution is 2.24. The molecular weight excluding hydrogens is 256 g/mol. The van der Waals surface area contributed by atoms with Gasteiger partial charge in [-0.15, -0.1) is 0 Å². The molecule has 0 saturated carbocycles. The molecule has 2 heterocycles. The molecule has 1 aliphatic heterocycles. The van der Waals surface area contributed by atoms with Crippen LogP contribution in [0.25, 0.3) is 0 Å². The largest absolute Gasteiger partial charge is 0.364 e. The summed E-state index contributed by atoms with van der Waals surface area (Å²) < 4.78 is 0. The predicted octanol–water partition coefficient (Wildman–Crippen LogP) is 2.44. The van der Waals surface area contributed by atoms with Gasteiger partial charge in [0, 0.05) is 18.8 Å². The predicted molar refractivity (Wildman–Crippen MR) is 79.0 cm³/mol. The quantitative estimate of drug-likeness (QED) is 0.661. The van der Waals surface area contributed by atoms with Gasteiger partial charge in [0.15, 0.2) is 0 Å². The molecule has 0 spiro atoms. The number of aromatic nitrogens is 1. The molecule has 0 unspecified atom stereocenters. The topological polar surface area (TPSA) is 71.3 Å². The van der Waals surface area contributed by atoms with Crippen molar-refractivity contribution in [1.29, 1.82) is 0 Å². The van der Waals surface area contributed by atoms with Crippen molar-refractivity contribution in [2.75, 3.05) is 32.0 Å². The maximum absolute atomic E-state index is 11.0. The van der Waals surface area contributed by atoms with Crippen LogP contribution in [0.3, 0.4) is 0 Å². The van der Waals surface area contributed by atoms with Crippen molar-refractivity contribution in [3.8, 4) is 0 Å². The van der Waals surface area contributed by atoms with Gasteiger partial charge in [0.25, 0.3) is 0 Å². The van der Waals surface area contributed by atoms with E-state index in [2.05, 4.69) is 22.2 Å². The zero-order valence-electron chi connectivity index (χ0n) is 12.1. The first-order chi connectivity index (χ1) is 9.56. The van der Waals surface area contributed by atoms with Crippen molar-refractivity contribution >= 4 is 11.5 Å². The van der Waals surface area contributed by atoms with E-state index in [0.29, 0.717) is 11.7 Å². The van der Waals surface area contributed by atoms with Gasteiger partial charge in [-0.3, -0.25) is 10.1 Å². The fourth-order valence-corrected chi connectivity index (χ4v) is 2.57. The van der Waals surface area contributed by atoms with Crippen LogP contribution in [0.2, 0.25) is 0 Å². The Kier molecular flexibility index (Phi) is 4.89. The summed E-state index contributed by atoms with van der Waals surface area (Å²) in [4.78, 5) is 17.1. The van der Waals surface area contributed by atoms with E-state index in [4.69, 9.17) is 0 Å². The maximum Gasteiger partial charge on any atom is 0.311 e. The highest BCUT2D eigenvalue weighted by atomic mass is 16.6. The van der Waals surface area contributed by atoms with Crippen LogP contribution in [0.1, 0.15) is 24.8 Å². The maximum atomic E-state index is 11.0. The molecule has 1 aromatic rings. The standard InChI is InChI=1S/C14H22N4O2/c1-11-9-13(18(19)20)14(16-10-11)15-6-3-12-4-7-17(2)8-5-12/h9-10,12H,3-8H2,1-2H3,(H,15,16). The molecule has 2 rings (SSSR count). The molecule has 0 atom stereocenters. The lowest BCUT2D eigenvalue weighted by Crippen LogP contribution is -2.30. The number of piperidine rings is 1. The number of pyridine rings is 1. The van der Waals surface area contributed by atoms with Gasteiger partial charge in [-0.25, -0.2) is 4.98 Å². The Balaban J connectivity index is 1.86. The average Bonchev–Trinajstić information content (AvgIpc) is 2.42. The number of nitro groups is 1. The van der Waals surface area contributed by atoms with Gasteiger partial charge >= 0.3 is 5.69 Å². The molecule has 6 heteroatoms. The summed E-state index contributed by atoms with van der Waals surface area (Å²) in [6.07, 6.45) is 5.12. The summed E-state index contributed by atoms with van der Waals surface area (Å²) in [5.74, 6) is 1.09. The van der Waals surface area contributed by atoms with Gasteiger partial charge in [-0.1, -0.05) is 0 Å². The van der Waals surface area contributed by atoms with Gasteiger partial charge in [0.1, 0.15) is 0 Å². The molecule has 110 valence electrons. The van der Waals surface area contributed by atoms with E-state index in [9.17, 15) is 10.1 Å². The lowest BCUT2D eigenvalue weighted by Gasteiger charge is -2.28. The molecule has 6 nitrogen and oxygen atoms in total. The van der Waals surface area contributed by atoms with Crippen LogP contribution in [-0.4, -0.2) is 41.5 Å². The van der Waals surface area contributed by atoms with Gasteiger partial charge < -0.3 is 10.2 Å². The third kappa shape index (κ3) is 3.90. The normalized spacial score (nSPS) is 17.1. The Morgan fingerprint density at radius 1 is 1.50 bits per heavy atom. The second-order valence-electron chi connectivity index (χ2n) is 5.60. The van der Waals surface area contributed by atoms with Gasteiger partial charge in [0.2, 0.25) is 5.82 Å². The average molecular weight is 278 g/mol. The highest BCUT2D eigenvalue weighted by molar-refractivity contribution is 5.56. The molecule has 20 heavy (non-hydrogen) atoms. The van der Waals surface area contributed by atoms with Gasteiger partial charge in [0.05, 0.1) is 4.92 Å². The molecule has 0 amide bonds. The smallest absolute Gasteiger partial charge is 0.311 e. The van der Waals surface area contributed by atoms with Crippen LogP contribution in [0, 0.1) is 23.0 Å². The minimum atomic E-state index is -0.377. The second-order valence-corrected chi connectivity index (χ2v) is 5.60. The monoisotopic (exact) mass is 278 g/mol. The summed E-state index contributed by atoms with van der Waals surface area (Å²) in [5, 5.41) is 14.1. The number of rotatable bonds is 5. The first-order valence-electron chi connectivity index (χ1n) is 7.09. The lowest BCUT2D eigenvalue weighted by molar-refractivity contribution is -0.384. The number of hydrogen-bond acceptors (Lipinski definition) is 5. The number of likely N-dealkylation sites (tertiary alicyclic amines) is 1. The number of aryl methyl sites for hydroxylation is 1. The highest BCUT2D eigenvalue weighted by Gasteiger charge is 2.18. The van der Waals surface area contributed by atoms with E-state index in [1.54, 1.807) is 12.3 Å². The summed E-state index contributed by atoms with van der Waals surface area (Å²) in [5.41, 5.74) is 0.867. The second kappa shape index (κ2) is 6.65. The Labute approximate surface area is 119 Å². The van der Waals surface area contributed by atoms with Gasteiger partial charge in [-0.2, -0.15) is 0 Å². The SMILES string of the molecule is Cc1cnc(NCCC2CCN(C)CC2)c([N+](=O)[O-])c1. The Bertz CT molecular complexity index is 470. The number of anilines is 1. The molecular formula is C14H22N4O2. The Morgan fingerprint density at radius 2 is 2.20 bits per heavy atom. The number of nitrogens with one attached hydrogen (secondary N) is 1. The minimum absolute atomic E-state index is 0.0633. The molecule has 1 fully saturated rings. The van der Waals surface area contributed by atoms with Crippen molar-refractivity contribution in [3.63, 3.8) is 0 Å². The Hall–Kier alpha value is -1.69. The summed E-state index contributed by atoms with van der Waals surface area (Å²) in [7, 11) is 2.15. The fraction of sp³-hybridized carbons (Fsp3) is 0.643. The molecule has 0 bridgehead atoms. The van der Waals surface area contributed by atoms with Crippen molar-refractivity contribution in [2.24, 2.45) is 5.92 Å². The Morgan fingerprint density at radius 3 is 2.85 bits per heavy atom. The number of nitrogens with zero attached hydrogens (tertiary/aromatic N) is 3. The van der Waals surface area contributed by atoms with Crippen molar-refractivity contribution in [2.45, 2.75) is 26.2 Å². The molecule has 1 saturated heterocycles. The van der Waals surface area contributed by atoms with Crippen LogP contribution >= 0.6 is 0 Å². The van der Waals surface area contributed by atoms with E-state index in [0.717, 1.165) is 31.6 Å². The first-order valence-corrected chi connectivity index (χ1v) is 7.09. The lowest BCUT2D eigenvalue weighted by atomic mass is 9.94. The molecule has 1 aromatic heterocycles. The minimum Gasteiger partial charge on any atom is -0.364 e. The van der Waals surface area contributed by atoms with Crippen LogP contribution in [-0.2, 0) is 0 Å². The third-order valence-corrected chi connectivity index (χ3v) is 3.88. The van der Waals surface area contributed by atoms with Crippen LogP contribution in [0.4, 0.5) is 11.5 Å². The van der Waals surface area contributed by atoms with E-state index in [1.807, 2.05) is 6.92 Å². The molecule has 1 N–H and O–H groups in total. The van der Waals surface area contributed by atoms with Crippen molar-refractivity contribution < 1.29 is 4.92 Å². The first kappa shape index (κ1) is 14.7. The number of hydrogen-bond donors (Lipinski definition) is 1. The molecule has 0 aliphatic carbocycles. The van der Waals surface area contributed by atoms with E-state index >= 15 is 0 Å². The third-order valence-electron chi connectivity index (χ3n) is 3.88. The summed E-state index contributed by atoms with van der Waals surface area (Å²) in [6.45, 7) is 4.84. The zero-order chi connectivity index (χ0) is 14.5. The van der Waals surface area contributed by atoms with E-state index in [1.165, 1.54) is 12.8 Å². The zero-order valence-corrected chi connectivity index (χ0v) is 12.1. The summed E-state index contributed by atoms with van der Waals surface area (Å²) in [6, 6.07) is 1.56. The van der Waals surface area contributed by atoms with Gasteiger partial charge in [-0.05, 0) is 57.8 Å².